The third kappa shape index (κ3) is 4.31. The van der Waals surface area contributed by atoms with Crippen LogP contribution in [0.15, 0.2) is 0 Å². The van der Waals surface area contributed by atoms with Gasteiger partial charge in [0.1, 0.15) is 0 Å². The van der Waals surface area contributed by atoms with Crippen LogP contribution in [-0.2, 0) is 4.65 Å². The topological polar surface area (TPSA) is 9.23 Å². The van der Waals surface area contributed by atoms with Gasteiger partial charge < -0.3 is 4.65 Å². The summed E-state index contributed by atoms with van der Waals surface area (Å²) in [6, 6.07) is 0. The lowest BCUT2D eigenvalue weighted by molar-refractivity contribution is 0.378. The monoisotopic (exact) mass is 92.0 g/mol. The largest absolute Gasteiger partial charge is 0.443 e. The van der Waals surface area contributed by atoms with Gasteiger partial charge in [0, 0.05) is 12.5 Å². The fourth-order valence-electron chi connectivity index (χ4n) is 0.0772. The molecule has 0 unspecified atom stereocenters. The van der Waals surface area contributed by atoms with Crippen LogP contribution in [0.3, 0.4) is 0 Å². The highest BCUT2D eigenvalue weighted by Gasteiger charge is 1.68. The Labute approximate surface area is 37.7 Å². The summed E-state index contributed by atoms with van der Waals surface area (Å²) in [5, 5.41) is 0. The van der Waals surface area contributed by atoms with Gasteiger partial charge in [-0.15, -0.1) is 11.6 Å². The molecule has 0 aromatic rings. The van der Waals surface area contributed by atoms with Crippen molar-refractivity contribution in [2.75, 3.05) is 12.5 Å². The number of hydrogen-bond donors (Lipinski definition) is 0. The van der Waals surface area contributed by atoms with Gasteiger partial charge in [-0.05, 0) is 0 Å². The van der Waals surface area contributed by atoms with Crippen LogP contribution >= 0.6 is 11.6 Å². The Kier molecular flexibility index (Phi) is 4.59. The summed E-state index contributed by atoms with van der Waals surface area (Å²) in [6.07, 6.45) is 0. The summed E-state index contributed by atoms with van der Waals surface area (Å²) in [4.78, 5) is 0. The van der Waals surface area contributed by atoms with Crippen LogP contribution in [0.1, 0.15) is 0 Å². The van der Waals surface area contributed by atoms with Crippen molar-refractivity contribution in [2.45, 2.75) is 0 Å². The van der Waals surface area contributed by atoms with E-state index in [0.717, 1.165) is 0 Å². The van der Waals surface area contributed by atoms with E-state index in [2.05, 4.69) is 4.65 Å². The predicted octanol–water partition coefficient (Wildman–Crippen LogP) is -0.210. The Hall–Kier alpha value is 0.315. The molecule has 0 aliphatic rings. The van der Waals surface area contributed by atoms with Gasteiger partial charge in [-0.3, -0.25) is 0 Å². The van der Waals surface area contributed by atoms with E-state index in [-0.39, 0.29) is 0 Å². The zero-order chi connectivity index (χ0) is 4.12. The molecule has 30 valence electrons. The van der Waals surface area contributed by atoms with Crippen LogP contribution in [-0.4, -0.2) is 20.5 Å². The zero-order valence-corrected chi connectivity index (χ0v) is 3.96. The molecule has 0 atom stereocenters. The standard InChI is InChI=1S/C2H6BClO/c3-5-2-1-4/h1-3H2. The van der Waals surface area contributed by atoms with E-state index < -0.39 is 0 Å². The summed E-state index contributed by atoms with van der Waals surface area (Å²) < 4.78 is 4.56. The molecule has 0 amide bonds. The lowest BCUT2D eigenvalue weighted by Crippen LogP contribution is -1.87. The van der Waals surface area contributed by atoms with Gasteiger partial charge in [0.25, 0.3) is 8.05 Å². The molecule has 0 heterocycles. The van der Waals surface area contributed by atoms with E-state index in [1.54, 1.807) is 8.05 Å². The summed E-state index contributed by atoms with van der Waals surface area (Å²) in [5.74, 6) is 0.594. The maximum absolute atomic E-state index is 5.18. The van der Waals surface area contributed by atoms with Crippen molar-refractivity contribution in [1.29, 1.82) is 0 Å². The van der Waals surface area contributed by atoms with E-state index in [4.69, 9.17) is 11.6 Å². The molecule has 0 aromatic carbocycles. The molecule has 0 bridgehead atoms. The third-order valence-electron chi connectivity index (χ3n) is 0.281. The Bertz CT molecular complexity index is 17.1. The summed E-state index contributed by atoms with van der Waals surface area (Å²) in [6.45, 7) is 0.654. The smallest absolute Gasteiger partial charge is 0.257 e. The third-order valence-corrected chi connectivity index (χ3v) is 0.436. The highest BCUT2D eigenvalue weighted by Crippen LogP contribution is 1.69. The lowest BCUT2D eigenvalue weighted by atomic mass is 10.6. The predicted molar refractivity (Wildman–Crippen MR) is 25.2 cm³/mol. The highest BCUT2D eigenvalue weighted by atomic mass is 35.5. The second-order valence-corrected chi connectivity index (χ2v) is 1.06. The molecule has 0 N–H and O–H groups in total. The molecule has 1 nitrogen and oxygen atoms in total. The molecular weight excluding hydrogens is 86.3 g/mol. The number of hydrogen-bond acceptors (Lipinski definition) is 1. The first-order chi connectivity index (χ1) is 2.41. The maximum Gasteiger partial charge on any atom is 0.257 e. The lowest BCUT2D eigenvalue weighted by Gasteiger charge is -1.83. The summed E-state index contributed by atoms with van der Waals surface area (Å²) in [7, 11) is 1.63. The Balaban J connectivity index is 2.19. The SMILES string of the molecule is BOCCCl. The van der Waals surface area contributed by atoms with Gasteiger partial charge in [-0.2, -0.15) is 0 Å². The van der Waals surface area contributed by atoms with E-state index >= 15 is 0 Å². The molecule has 0 spiro atoms. The quantitative estimate of drug-likeness (QED) is 0.338. The second-order valence-electron chi connectivity index (χ2n) is 0.682. The van der Waals surface area contributed by atoms with Crippen LogP contribution in [0.25, 0.3) is 0 Å². The fourth-order valence-corrected chi connectivity index (χ4v) is 0.231. The number of alkyl halides is 1. The minimum atomic E-state index is 0.594. The van der Waals surface area contributed by atoms with Crippen LogP contribution in [0.4, 0.5) is 0 Å². The molecule has 5 heavy (non-hydrogen) atoms. The molecule has 0 aliphatic carbocycles. The number of rotatable bonds is 2. The highest BCUT2D eigenvalue weighted by molar-refractivity contribution is 6.18. The average molecular weight is 92.3 g/mol. The van der Waals surface area contributed by atoms with Gasteiger partial charge >= 0.3 is 0 Å². The van der Waals surface area contributed by atoms with Gasteiger partial charge in [-0.1, -0.05) is 0 Å². The van der Waals surface area contributed by atoms with Gasteiger partial charge in [-0.25, -0.2) is 0 Å². The fraction of sp³-hybridized carbons (Fsp3) is 1.00. The van der Waals surface area contributed by atoms with E-state index in [0.29, 0.717) is 12.5 Å². The van der Waals surface area contributed by atoms with Crippen molar-refractivity contribution in [1.82, 2.24) is 0 Å². The molecule has 0 aromatic heterocycles. The van der Waals surface area contributed by atoms with Crippen molar-refractivity contribution in [3.05, 3.63) is 0 Å². The first-order valence-electron chi connectivity index (χ1n) is 1.46. The molecule has 0 saturated carbocycles. The summed E-state index contributed by atoms with van der Waals surface area (Å²) in [5.41, 5.74) is 0. The molecule has 3 heteroatoms. The van der Waals surface area contributed by atoms with Gasteiger partial charge in [0.15, 0.2) is 0 Å². The minimum absolute atomic E-state index is 0.594. The zero-order valence-electron chi connectivity index (χ0n) is 3.20. The first-order valence-corrected chi connectivity index (χ1v) is 2.00. The van der Waals surface area contributed by atoms with Gasteiger partial charge in [0.05, 0.1) is 0 Å². The molecule has 0 fully saturated rings. The minimum Gasteiger partial charge on any atom is -0.443 e. The van der Waals surface area contributed by atoms with Crippen molar-refractivity contribution in [3.63, 3.8) is 0 Å². The van der Waals surface area contributed by atoms with Crippen molar-refractivity contribution < 1.29 is 4.65 Å². The molecule has 0 saturated heterocycles. The average Bonchev–Trinajstić information content (AvgIpc) is 1.41. The molecule has 0 radical (unpaired) electrons. The van der Waals surface area contributed by atoms with Crippen LogP contribution in [0.5, 0.6) is 0 Å². The van der Waals surface area contributed by atoms with Crippen molar-refractivity contribution >= 4 is 19.7 Å². The Morgan fingerprint density at radius 3 is 2.40 bits per heavy atom. The number of halogens is 1. The molecular formula is C2H6BClO. The Morgan fingerprint density at radius 1 is 1.80 bits per heavy atom. The van der Waals surface area contributed by atoms with Crippen molar-refractivity contribution in [2.24, 2.45) is 0 Å². The van der Waals surface area contributed by atoms with Crippen molar-refractivity contribution in [3.8, 4) is 0 Å². The normalized spacial score (nSPS) is 8.20. The van der Waals surface area contributed by atoms with Gasteiger partial charge in [0.2, 0.25) is 0 Å². The Morgan fingerprint density at radius 2 is 2.40 bits per heavy atom. The summed E-state index contributed by atoms with van der Waals surface area (Å²) >= 11 is 5.18. The van der Waals surface area contributed by atoms with Crippen LogP contribution in [0.2, 0.25) is 0 Å². The van der Waals surface area contributed by atoms with E-state index in [1.165, 1.54) is 0 Å². The van der Waals surface area contributed by atoms with Crippen LogP contribution in [0, 0.1) is 0 Å². The van der Waals surface area contributed by atoms with E-state index in [9.17, 15) is 0 Å². The molecule has 0 aliphatic heterocycles. The second kappa shape index (κ2) is 4.31. The first kappa shape index (κ1) is 5.31. The van der Waals surface area contributed by atoms with Crippen LogP contribution < -0.4 is 0 Å². The molecule has 0 rings (SSSR count). The van der Waals surface area contributed by atoms with E-state index in [1.807, 2.05) is 0 Å². The maximum atomic E-state index is 5.18.